The molecule has 8 heteroatoms. The van der Waals surface area contributed by atoms with Crippen molar-refractivity contribution in [3.05, 3.63) is 106 Å². The van der Waals surface area contributed by atoms with E-state index in [4.69, 9.17) is 4.42 Å². The normalized spacial score (nSPS) is 11.0. The fourth-order valence-electron chi connectivity index (χ4n) is 2.48. The lowest BCUT2D eigenvalue weighted by Gasteiger charge is -2.11. The Hall–Kier alpha value is -4.20. The summed E-state index contributed by atoms with van der Waals surface area (Å²) in [5.41, 5.74) is 0.935. The molecule has 1 heterocycles. The molecule has 0 aliphatic rings. The van der Waals surface area contributed by atoms with Crippen LogP contribution in [0, 0.1) is 10.1 Å². The summed E-state index contributed by atoms with van der Waals surface area (Å²) in [7, 11) is 0. The molecular formula is C21H17N3O5. The van der Waals surface area contributed by atoms with Gasteiger partial charge in [-0.2, -0.15) is 0 Å². The Morgan fingerprint density at radius 2 is 1.72 bits per heavy atom. The maximum atomic E-state index is 12.6. The number of nitrogens with one attached hydrogen (secondary N) is 2. The van der Waals surface area contributed by atoms with Gasteiger partial charge in [0.05, 0.1) is 11.2 Å². The molecule has 0 saturated heterocycles. The van der Waals surface area contributed by atoms with Gasteiger partial charge in [-0.25, -0.2) is 0 Å². The maximum absolute atomic E-state index is 12.6. The van der Waals surface area contributed by atoms with Crippen LogP contribution in [0.1, 0.15) is 21.7 Å². The number of hydrogen-bond acceptors (Lipinski definition) is 5. The van der Waals surface area contributed by atoms with Crippen LogP contribution in [0.2, 0.25) is 0 Å². The highest BCUT2D eigenvalue weighted by atomic mass is 16.6. The molecule has 0 aliphatic heterocycles. The zero-order valence-corrected chi connectivity index (χ0v) is 15.2. The van der Waals surface area contributed by atoms with Crippen molar-refractivity contribution >= 4 is 23.6 Å². The monoisotopic (exact) mass is 391 g/mol. The van der Waals surface area contributed by atoms with E-state index >= 15 is 0 Å². The number of non-ortho nitro benzene ring substituents is 1. The molecule has 0 saturated carbocycles. The van der Waals surface area contributed by atoms with Gasteiger partial charge in [0.2, 0.25) is 0 Å². The largest absolute Gasteiger partial charge is 0.465 e. The van der Waals surface area contributed by atoms with E-state index in [2.05, 4.69) is 10.6 Å². The Kier molecular flexibility index (Phi) is 6.16. The number of rotatable bonds is 7. The van der Waals surface area contributed by atoms with Gasteiger partial charge in [-0.05, 0) is 29.8 Å². The van der Waals surface area contributed by atoms with Crippen molar-refractivity contribution < 1.29 is 18.9 Å². The van der Waals surface area contributed by atoms with E-state index in [1.807, 2.05) is 30.3 Å². The van der Waals surface area contributed by atoms with Gasteiger partial charge in [0.15, 0.2) is 0 Å². The Balaban J connectivity index is 1.75. The lowest BCUT2D eigenvalue weighted by Crippen LogP contribution is -2.34. The molecule has 2 N–H and O–H groups in total. The number of amides is 2. The lowest BCUT2D eigenvalue weighted by molar-refractivity contribution is -0.384. The molecule has 0 bridgehead atoms. The fraction of sp³-hybridized carbons (Fsp3) is 0.0476. The molecule has 2 aromatic carbocycles. The summed E-state index contributed by atoms with van der Waals surface area (Å²) in [5.74, 6) is -0.688. The van der Waals surface area contributed by atoms with Gasteiger partial charge < -0.3 is 15.1 Å². The van der Waals surface area contributed by atoms with Gasteiger partial charge >= 0.3 is 0 Å². The summed E-state index contributed by atoms with van der Waals surface area (Å²) in [5, 5.41) is 16.0. The third-order valence-corrected chi connectivity index (χ3v) is 3.96. The quantitative estimate of drug-likeness (QED) is 0.364. The van der Waals surface area contributed by atoms with Crippen molar-refractivity contribution in [3.8, 4) is 0 Å². The lowest BCUT2D eigenvalue weighted by atomic mass is 10.2. The molecule has 3 rings (SSSR count). The van der Waals surface area contributed by atoms with E-state index in [9.17, 15) is 19.7 Å². The minimum atomic E-state index is -0.576. The molecule has 29 heavy (non-hydrogen) atoms. The summed E-state index contributed by atoms with van der Waals surface area (Å²) in [6.45, 7) is 0.280. The van der Waals surface area contributed by atoms with Crippen LogP contribution in [0.3, 0.4) is 0 Å². The first-order chi connectivity index (χ1) is 14.0. The zero-order valence-electron chi connectivity index (χ0n) is 15.2. The number of hydrogen-bond donors (Lipinski definition) is 2. The number of nitrogens with zero attached hydrogens (tertiary/aromatic N) is 1. The van der Waals surface area contributed by atoms with Crippen molar-refractivity contribution in [2.45, 2.75) is 6.54 Å². The van der Waals surface area contributed by atoms with Crippen molar-refractivity contribution in [1.82, 2.24) is 10.6 Å². The summed E-state index contributed by atoms with van der Waals surface area (Å²) >= 11 is 0. The summed E-state index contributed by atoms with van der Waals surface area (Å²) < 4.78 is 5.22. The number of benzene rings is 2. The third kappa shape index (κ3) is 5.39. The van der Waals surface area contributed by atoms with Crippen molar-refractivity contribution in [3.63, 3.8) is 0 Å². The molecule has 3 aromatic rings. The molecule has 2 amide bonds. The van der Waals surface area contributed by atoms with Crippen LogP contribution < -0.4 is 10.6 Å². The van der Waals surface area contributed by atoms with E-state index in [0.29, 0.717) is 5.76 Å². The number of carbonyl (C=O) groups excluding carboxylic acids is 2. The molecular weight excluding hydrogens is 374 g/mol. The van der Waals surface area contributed by atoms with Crippen LogP contribution in [0.5, 0.6) is 0 Å². The standard InChI is InChI=1S/C21H17N3O5/c25-20(16-8-10-17(11-9-16)24(27)28)23-19(13-18-7-4-12-29-18)21(26)22-14-15-5-2-1-3-6-15/h1-13H,14H2,(H,22,26)(H,23,25). The average Bonchev–Trinajstić information content (AvgIpc) is 3.25. The van der Waals surface area contributed by atoms with E-state index in [0.717, 1.165) is 5.56 Å². The molecule has 1 aromatic heterocycles. The highest BCUT2D eigenvalue weighted by Gasteiger charge is 2.16. The van der Waals surface area contributed by atoms with Crippen LogP contribution >= 0.6 is 0 Å². The Bertz CT molecular complexity index is 1030. The van der Waals surface area contributed by atoms with Gasteiger partial charge in [-0.3, -0.25) is 19.7 Å². The van der Waals surface area contributed by atoms with Gasteiger partial charge in [-0.1, -0.05) is 30.3 Å². The van der Waals surface area contributed by atoms with E-state index in [1.165, 1.54) is 36.6 Å². The molecule has 0 unspecified atom stereocenters. The topological polar surface area (TPSA) is 114 Å². The van der Waals surface area contributed by atoms with Gasteiger partial charge in [0.25, 0.3) is 17.5 Å². The zero-order chi connectivity index (χ0) is 20.6. The Labute approximate surface area is 166 Å². The molecule has 0 fully saturated rings. The average molecular weight is 391 g/mol. The van der Waals surface area contributed by atoms with Gasteiger partial charge in [0, 0.05) is 30.3 Å². The van der Waals surface area contributed by atoms with Gasteiger partial charge in [0.1, 0.15) is 11.5 Å². The maximum Gasteiger partial charge on any atom is 0.269 e. The Morgan fingerprint density at radius 1 is 1.00 bits per heavy atom. The second-order valence-electron chi connectivity index (χ2n) is 6.00. The second kappa shape index (κ2) is 9.14. The number of nitro benzene ring substituents is 1. The van der Waals surface area contributed by atoms with Crippen LogP contribution in [0.25, 0.3) is 6.08 Å². The highest BCUT2D eigenvalue weighted by Crippen LogP contribution is 2.13. The first-order valence-electron chi connectivity index (χ1n) is 8.66. The van der Waals surface area contributed by atoms with Crippen LogP contribution in [0.15, 0.2) is 83.1 Å². The predicted molar refractivity (Wildman–Crippen MR) is 106 cm³/mol. The van der Waals surface area contributed by atoms with Crippen LogP contribution in [0.4, 0.5) is 5.69 Å². The molecule has 0 atom stereocenters. The van der Waals surface area contributed by atoms with Gasteiger partial charge in [-0.15, -0.1) is 0 Å². The molecule has 0 aliphatic carbocycles. The van der Waals surface area contributed by atoms with Crippen molar-refractivity contribution in [2.75, 3.05) is 0 Å². The predicted octanol–water partition coefficient (Wildman–Crippen LogP) is 3.28. The molecule has 0 radical (unpaired) electrons. The number of nitro groups is 1. The molecule has 8 nitrogen and oxygen atoms in total. The fourth-order valence-corrected chi connectivity index (χ4v) is 2.48. The summed E-state index contributed by atoms with van der Waals surface area (Å²) in [6, 6.07) is 17.7. The minimum Gasteiger partial charge on any atom is -0.465 e. The first kappa shape index (κ1) is 19.6. The minimum absolute atomic E-state index is 0.0146. The van der Waals surface area contributed by atoms with Crippen molar-refractivity contribution in [1.29, 1.82) is 0 Å². The first-order valence-corrected chi connectivity index (χ1v) is 8.66. The number of furan rings is 1. The van der Waals surface area contributed by atoms with Crippen molar-refractivity contribution in [2.24, 2.45) is 0 Å². The third-order valence-electron chi connectivity index (χ3n) is 3.96. The molecule has 146 valence electrons. The SMILES string of the molecule is O=C(NCc1ccccc1)C(=Cc1ccco1)NC(=O)c1ccc([N+](=O)[O-])cc1. The highest BCUT2D eigenvalue weighted by molar-refractivity contribution is 6.05. The van der Waals surface area contributed by atoms with E-state index in [1.54, 1.807) is 12.1 Å². The van der Waals surface area contributed by atoms with E-state index in [-0.39, 0.29) is 23.5 Å². The Morgan fingerprint density at radius 3 is 2.34 bits per heavy atom. The summed E-state index contributed by atoms with van der Waals surface area (Å²) in [4.78, 5) is 35.3. The van der Waals surface area contributed by atoms with Crippen LogP contribution in [-0.4, -0.2) is 16.7 Å². The smallest absolute Gasteiger partial charge is 0.269 e. The summed E-state index contributed by atoms with van der Waals surface area (Å²) in [6.07, 6.45) is 2.85. The van der Waals surface area contributed by atoms with E-state index < -0.39 is 16.7 Å². The second-order valence-corrected chi connectivity index (χ2v) is 6.00. The van der Waals surface area contributed by atoms with Crippen LogP contribution in [-0.2, 0) is 11.3 Å². The number of carbonyl (C=O) groups is 2. The molecule has 0 spiro atoms.